The molecule has 0 saturated carbocycles. The van der Waals surface area contributed by atoms with Crippen LogP contribution in [0.4, 0.5) is 15.0 Å². The fourth-order valence-electron chi connectivity index (χ4n) is 4.41. The molecule has 0 bridgehead atoms. The highest BCUT2D eigenvalue weighted by Crippen LogP contribution is 2.29. The second-order valence-corrected chi connectivity index (χ2v) is 8.39. The molecule has 3 aromatic rings. The number of carbonyl (C=O) groups excluding carboxylic acids is 1. The Balaban J connectivity index is 1.27. The minimum atomic E-state index is -0.441. The Morgan fingerprint density at radius 3 is 2.60 bits per heavy atom. The number of halogens is 1. The largest absolute Gasteiger partial charge is 0.353 e. The predicted molar refractivity (Wildman–Crippen MR) is 124 cm³/mol. The maximum Gasteiger partial charge on any atom is 0.341 e. The lowest BCUT2D eigenvalue weighted by Gasteiger charge is -2.37. The molecule has 1 saturated heterocycles. The molecule has 12 heteroatoms. The summed E-state index contributed by atoms with van der Waals surface area (Å²) < 4.78 is 15.3. The van der Waals surface area contributed by atoms with E-state index in [0.717, 1.165) is 17.7 Å². The number of hydrogen-bond donors (Lipinski definition) is 0. The molecule has 0 radical (unpaired) electrons. The van der Waals surface area contributed by atoms with Crippen LogP contribution >= 0.6 is 0 Å². The summed E-state index contributed by atoms with van der Waals surface area (Å²) in [5.41, 5.74) is 2.52. The molecule has 3 aromatic heterocycles. The molecule has 178 valence electrons. The molecule has 5 heterocycles. The number of hydrazone groups is 1. The van der Waals surface area contributed by atoms with Gasteiger partial charge >= 0.3 is 6.03 Å². The van der Waals surface area contributed by atoms with E-state index in [9.17, 15) is 14.4 Å². The van der Waals surface area contributed by atoms with Crippen LogP contribution in [0.25, 0.3) is 5.82 Å². The van der Waals surface area contributed by atoms with Gasteiger partial charge in [-0.1, -0.05) is 0 Å². The van der Waals surface area contributed by atoms with Gasteiger partial charge in [0.25, 0.3) is 0 Å². The number of amides is 2. The maximum atomic E-state index is 13.7. The van der Waals surface area contributed by atoms with Crippen LogP contribution in [-0.4, -0.2) is 73.1 Å². The summed E-state index contributed by atoms with van der Waals surface area (Å²) in [7, 11) is 0. The molecule has 0 spiro atoms. The van der Waals surface area contributed by atoms with E-state index in [1.54, 1.807) is 28.9 Å². The van der Waals surface area contributed by atoms with Crippen molar-refractivity contribution in [2.45, 2.75) is 26.3 Å². The van der Waals surface area contributed by atoms with Crippen LogP contribution in [0.15, 0.2) is 36.0 Å². The molecule has 1 fully saturated rings. The van der Waals surface area contributed by atoms with Crippen molar-refractivity contribution >= 4 is 18.1 Å². The molecule has 2 aliphatic heterocycles. The third kappa shape index (κ3) is 4.16. The van der Waals surface area contributed by atoms with Crippen LogP contribution < -0.4 is 4.90 Å². The van der Waals surface area contributed by atoms with E-state index in [0.29, 0.717) is 55.2 Å². The SMILES string of the molecule is Cc1nn(-c2cc(N3CCN(C(=O)N4N=CCC4c4cncc(F)c4)CC3)ncn2)c(C)c1C#N. The van der Waals surface area contributed by atoms with Gasteiger partial charge in [0.15, 0.2) is 5.82 Å². The summed E-state index contributed by atoms with van der Waals surface area (Å²) in [4.78, 5) is 29.6. The lowest BCUT2D eigenvalue weighted by molar-refractivity contribution is 0.139. The first-order valence-corrected chi connectivity index (χ1v) is 11.2. The van der Waals surface area contributed by atoms with Crippen molar-refractivity contribution in [2.24, 2.45) is 5.10 Å². The second kappa shape index (κ2) is 9.09. The summed E-state index contributed by atoms with van der Waals surface area (Å²) in [6.45, 7) is 5.74. The average Bonchev–Trinajstić information content (AvgIpc) is 3.48. The molecular weight excluding hydrogens is 451 g/mol. The van der Waals surface area contributed by atoms with Crippen LogP contribution in [0.1, 0.15) is 35.0 Å². The monoisotopic (exact) mass is 474 g/mol. The Morgan fingerprint density at radius 1 is 1.11 bits per heavy atom. The molecule has 0 aliphatic carbocycles. The van der Waals surface area contributed by atoms with Crippen molar-refractivity contribution in [3.8, 4) is 11.9 Å². The number of urea groups is 1. The number of rotatable bonds is 3. The predicted octanol–water partition coefficient (Wildman–Crippen LogP) is 2.36. The first-order valence-electron chi connectivity index (χ1n) is 11.2. The molecule has 35 heavy (non-hydrogen) atoms. The standard InChI is InChI=1S/C23H23FN10O/c1-15-19(11-25)16(2)33(30-15)22-10-21(27-14-28-22)31-5-7-32(8-6-31)23(35)34-20(3-4-29-34)17-9-18(24)13-26-12-17/h4,9-10,12-14,20H,3,5-8H2,1-2H3. The fraction of sp³-hybridized carbons (Fsp3) is 0.348. The highest BCUT2D eigenvalue weighted by atomic mass is 19.1. The average molecular weight is 475 g/mol. The van der Waals surface area contributed by atoms with Gasteiger partial charge in [0, 0.05) is 51.1 Å². The Kier molecular flexibility index (Phi) is 5.82. The molecular formula is C23H23FN10O. The van der Waals surface area contributed by atoms with Gasteiger partial charge < -0.3 is 9.80 Å². The third-order valence-corrected chi connectivity index (χ3v) is 6.27. The minimum Gasteiger partial charge on any atom is -0.353 e. The lowest BCUT2D eigenvalue weighted by atomic mass is 10.1. The lowest BCUT2D eigenvalue weighted by Crippen LogP contribution is -2.52. The summed E-state index contributed by atoms with van der Waals surface area (Å²) in [6.07, 6.45) is 6.36. The van der Waals surface area contributed by atoms with Gasteiger partial charge in [-0.05, 0) is 25.5 Å². The van der Waals surface area contributed by atoms with Gasteiger partial charge in [-0.25, -0.2) is 28.8 Å². The van der Waals surface area contributed by atoms with Crippen LogP contribution in [0, 0.1) is 31.0 Å². The van der Waals surface area contributed by atoms with Crippen LogP contribution in [0.2, 0.25) is 0 Å². The van der Waals surface area contributed by atoms with E-state index in [4.69, 9.17) is 0 Å². The van der Waals surface area contributed by atoms with Gasteiger partial charge in [-0.15, -0.1) is 0 Å². The van der Waals surface area contributed by atoms with Gasteiger partial charge in [0.05, 0.1) is 29.2 Å². The normalized spacial score (nSPS) is 17.7. The minimum absolute atomic E-state index is 0.220. The van der Waals surface area contributed by atoms with E-state index in [1.165, 1.54) is 17.4 Å². The maximum absolute atomic E-state index is 13.7. The van der Waals surface area contributed by atoms with Crippen LogP contribution in [0.5, 0.6) is 0 Å². The number of aromatic nitrogens is 5. The number of nitrogens with zero attached hydrogens (tertiary/aromatic N) is 10. The zero-order valence-corrected chi connectivity index (χ0v) is 19.3. The molecule has 1 atom stereocenters. The summed E-state index contributed by atoms with van der Waals surface area (Å²) in [5.74, 6) is 0.855. The first-order chi connectivity index (χ1) is 17.0. The summed E-state index contributed by atoms with van der Waals surface area (Å²) in [5, 5.41) is 19.4. The molecule has 2 amide bonds. The van der Waals surface area contributed by atoms with Crippen molar-refractivity contribution in [3.05, 3.63) is 59.2 Å². The van der Waals surface area contributed by atoms with Gasteiger partial charge in [0.1, 0.15) is 24.0 Å². The molecule has 11 nitrogen and oxygen atoms in total. The van der Waals surface area contributed by atoms with E-state index >= 15 is 0 Å². The van der Waals surface area contributed by atoms with Gasteiger partial charge in [-0.2, -0.15) is 15.5 Å². The van der Waals surface area contributed by atoms with Crippen molar-refractivity contribution < 1.29 is 9.18 Å². The Bertz CT molecular complexity index is 1340. The number of carbonyl (C=O) groups is 1. The van der Waals surface area contributed by atoms with Crippen molar-refractivity contribution in [1.29, 1.82) is 5.26 Å². The number of anilines is 1. The van der Waals surface area contributed by atoms with Crippen molar-refractivity contribution in [2.75, 3.05) is 31.1 Å². The van der Waals surface area contributed by atoms with E-state index < -0.39 is 5.82 Å². The van der Waals surface area contributed by atoms with Crippen molar-refractivity contribution in [3.63, 3.8) is 0 Å². The Hall–Kier alpha value is -4.40. The van der Waals surface area contributed by atoms with E-state index in [1.807, 2.05) is 13.0 Å². The van der Waals surface area contributed by atoms with Gasteiger partial charge in [0.2, 0.25) is 0 Å². The summed E-state index contributed by atoms with van der Waals surface area (Å²) >= 11 is 0. The van der Waals surface area contributed by atoms with Crippen LogP contribution in [-0.2, 0) is 0 Å². The quantitative estimate of drug-likeness (QED) is 0.572. The fourth-order valence-corrected chi connectivity index (χ4v) is 4.41. The molecule has 5 rings (SSSR count). The van der Waals surface area contributed by atoms with Gasteiger partial charge in [-0.3, -0.25) is 4.98 Å². The Labute approximate surface area is 201 Å². The topological polar surface area (TPSA) is 119 Å². The Morgan fingerprint density at radius 2 is 1.89 bits per heavy atom. The number of piperazine rings is 1. The molecule has 2 aliphatic rings. The van der Waals surface area contributed by atoms with Crippen molar-refractivity contribution in [1.82, 2.24) is 34.6 Å². The zero-order chi connectivity index (χ0) is 24.5. The number of nitriles is 1. The summed E-state index contributed by atoms with van der Waals surface area (Å²) in [6, 6.07) is 4.81. The second-order valence-electron chi connectivity index (χ2n) is 8.39. The van der Waals surface area contributed by atoms with Crippen LogP contribution in [0.3, 0.4) is 0 Å². The number of hydrogen-bond acceptors (Lipinski definition) is 8. The first kappa shape index (κ1) is 22.4. The highest BCUT2D eigenvalue weighted by Gasteiger charge is 2.33. The number of pyridine rings is 1. The van der Waals surface area contributed by atoms with E-state index in [-0.39, 0.29) is 12.1 Å². The molecule has 0 N–H and O–H groups in total. The molecule has 0 aromatic carbocycles. The highest BCUT2D eigenvalue weighted by molar-refractivity contribution is 5.78. The van der Waals surface area contributed by atoms with E-state index in [2.05, 4.69) is 36.1 Å². The number of aryl methyl sites for hydroxylation is 1. The molecule has 1 unspecified atom stereocenters. The smallest absolute Gasteiger partial charge is 0.341 e. The zero-order valence-electron chi connectivity index (χ0n) is 19.3. The third-order valence-electron chi connectivity index (χ3n) is 6.27.